The van der Waals surface area contributed by atoms with E-state index in [0.29, 0.717) is 0 Å². The molecule has 0 aromatic heterocycles. The number of hydrogen-bond donors (Lipinski definition) is 1. The van der Waals surface area contributed by atoms with Crippen LogP contribution in [0.3, 0.4) is 0 Å². The Morgan fingerprint density at radius 2 is 1.95 bits per heavy atom. The summed E-state index contributed by atoms with van der Waals surface area (Å²) in [5.74, 6) is 0.0501. The lowest BCUT2D eigenvalue weighted by Gasteiger charge is -2.36. The average Bonchev–Trinajstić information content (AvgIpc) is 2.48. The minimum atomic E-state index is -0.411. The number of amides is 2. The molecule has 1 aliphatic carbocycles. The molecule has 1 fully saturated rings. The Labute approximate surface area is 125 Å². The molecule has 0 spiro atoms. The van der Waals surface area contributed by atoms with Crippen molar-refractivity contribution in [3.05, 3.63) is 29.3 Å². The fourth-order valence-corrected chi connectivity index (χ4v) is 3.34. The first-order valence-electron chi connectivity index (χ1n) is 7.79. The van der Waals surface area contributed by atoms with Gasteiger partial charge < -0.3 is 10.2 Å². The SMILES string of the molecule is CC(C)C1NC(=O)CN(c2cccc3c2CCCC3)C1=O. The van der Waals surface area contributed by atoms with Crippen molar-refractivity contribution in [3.8, 4) is 0 Å². The molecule has 3 rings (SSSR count). The molecule has 4 heteroatoms. The Hall–Kier alpha value is -1.84. The lowest BCUT2D eigenvalue weighted by molar-refractivity contribution is -0.132. The molecule has 1 heterocycles. The Morgan fingerprint density at radius 1 is 1.19 bits per heavy atom. The zero-order chi connectivity index (χ0) is 15.0. The first kappa shape index (κ1) is 14.1. The molecule has 0 radical (unpaired) electrons. The first-order chi connectivity index (χ1) is 10.1. The Bertz CT molecular complexity index is 580. The highest BCUT2D eigenvalue weighted by Crippen LogP contribution is 2.31. The van der Waals surface area contributed by atoms with E-state index in [0.717, 1.165) is 24.9 Å². The molecule has 0 bridgehead atoms. The number of hydrogen-bond acceptors (Lipinski definition) is 2. The second-order valence-corrected chi connectivity index (χ2v) is 6.34. The average molecular weight is 286 g/mol. The normalized spacial score (nSPS) is 22.2. The fraction of sp³-hybridized carbons (Fsp3) is 0.529. The molecule has 1 saturated heterocycles. The first-order valence-corrected chi connectivity index (χ1v) is 7.79. The molecule has 112 valence electrons. The maximum Gasteiger partial charge on any atom is 0.250 e. The van der Waals surface area contributed by atoms with E-state index in [9.17, 15) is 9.59 Å². The predicted molar refractivity (Wildman–Crippen MR) is 82.2 cm³/mol. The molecule has 4 nitrogen and oxygen atoms in total. The number of carbonyl (C=O) groups is 2. The van der Waals surface area contributed by atoms with E-state index in [1.165, 1.54) is 17.5 Å². The quantitative estimate of drug-likeness (QED) is 0.904. The summed E-state index contributed by atoms with van der Waals surface area (Å²) in [6.45, 7) is 4.07. The van der Waals surface area contributed by atoms with Gasteiger partial charge in [0, 0.05) is 5.69 Å². The Kier molecular flexibility index (Phi) is 3.70. The maximum absolute atomic E-state index is 12.7. The van der Waals surface area contributed by atoms with Crippen LogP contribution in [0.15, 0.2) is 18.2 Å². The molecule has 1 atom stereocenters. The van der Waals surface area contributed by atoms with Gasteiger partial charge in [-0.3, -0.25) is 9.59 Å². The van der Waals surface area contributed by atoms with E-state index in [2.05, 4.69) is 11.4 Å². The zero-order valence-corrected chi connectivity index (χ0v) is 12.7. The topological polar surface area (TPSA) is 49.4 Å². The van der Waals surface area contributed by atoms with Gasteiger partial charge in [0.05, 0.1) is 0 Å². The van der Waals surface area contributed by atoms with E-state index in [-0.39, 0.29) is 24.3 Å². The number of nitrogens with zero attached hydrogens (tertiary/aromatic N) is 1. The van der Waals surface area contributed by atoms with Crippen molar-refractivity contribution in [3.63, 3.8) is 0 Å². The summed E-state index contributed by atoms with van der Waals surface area (Å²) in [6, 6.07) is 5.72. The van der Waals surface area contributed by atoms with Crippen LogP contribution in [-0.2, 0) is 22.4 Å². The van der Waals surface area contributed by atoms with Gasteiger partial charge in [0.1, 0.15) is 12.6 Å². The standard InChI is InChI=1S/C17H22N2O2/c1-11(2)16-17(21)19(10-15(20)18-16)14-9-5-7-12-6-3-4-8-13(12)14/h5,7,9,11,16H,3-4,6,8,10H2,1-2H3,(H,18,20). The van der Waals surface area contributed by atoms with Gasteiger partial charge in [0.2, 0.25) is 11.8 Å². The monoisotopic (exact) mass is 286 g/mol. The molecule has 1 aromatic carbocycles. The molecular weight excluding hydrogens is 264 g/mol. The smallest absolute Gasteiger partial charge is 0.250 e. The number of rotatable bonds is 2. The molecule has 1 aliphatic heterocycles. The molecule has 1 unspecified atom stereocenters. The number of carbonyl (C=O) groups excluding carboxylic acids is 2. The second kappa shape index (κ2) is 5.51. The number of nitrogens with one attached hydrogen (secondary N) is 1. The van der Waals surface area contributed by atoms with Crippen LogP contribution in [0.25, 0.3) is 0 Å². The molecule has 1 N–H and O–H groups in total. The van der Waals surface area contributed by atoms with Crippen LogP contribution in [0.5, 0.6) is 0 Å². The van der Waals surface area contributed by atoms with Gasteiger partial charge in [-0.25, -0.2) is 0 Å². The van der Waals surface area contributed by atoms with Crippen molar-refractivity contribution < 1.29 is 9.59 Å². The van der Waals surface area contributed by atoms with Crippen LogP contribution in [-0.4, -0.2) is 24.4 Å². The van der Waals surface area contributed by atoms with Gasteiger partial charge >= 0.3 is 0 Å². The van der Waals surface area contributed by atoms with Crippen LogP contribution < -0.4 is 10.2 Å². The summed E-state index contributed by atoms with van der Waals surface area (Å²) in [7, 11) is 0. The Balaban J connectivity index is 1.99. The summed E-state index contributed by atoms with van der Waals surface area (Å²) in [6.07, 6.45) is 4.44. The fourth-order valence-electron chi connectivity index (χ4n) is 3.34. The highest BCUT2D eigenvalue weighted by Gasteiger charge is 2.36. The van der Waals surface area contributed by atoms with Crippen LogP contribution in [0.1, 0.15) is 37.8 Å². The van der Waals surface area contributed by atoms with Gasteiger partial charge in [-0.1, -0.05) is 26.0 Å². The molecule has 0 saturated carbocycles. The minimum absolute atomic E-state index is 0.0172. The van der Waals surface area contributed by atoms with Gasteiger partial charge in [0.15, 0.2) is 0 Å². The van der Waals surface area contributed by atoms with E-state index in [1.807, 2.05) is 26.0 Å². The summed E-state index contributed by atoms with van der Waals surface area (Å²) < 4.78 is 0. The molecule has 21 heavy (non-hydrogen) atoms. The highest BCUT2D eigenvalue weighted by atomic mass is 16.2. The van der Waals surface area contributed by atoms with Crippen molar-refractivity contribution in [2.45, 2.75) is 45.6 Å². The van der Waals surface area contributed by atoms with E-state index in [1.54, 1.807) is 4.90 Å². The van der Waals surface area contributed by atoms with Gasteiger partial charge in [-0.15, -0.1) is 0 Å². The number of piperazine rings is 1. The third kappa shape index (κ3) is 2.55. The minimum Gasteiger partial charge on any atom is -0.342 e. The van der Waals surface area contributed by atoms with Crippen molar-refractivity contribution in [1.82, 2.24) is 5.32 Å². The van der Waals surface area contributed by atoms with Crippen LogP contribution >= 0.6 is 0 Å². The van der Waals surface area contributed by atoms with Gasteiger partial charge in [0.25, 0.3) is 0 Å². The number of aryl methyl sites for hydroxylation is 1. The van der Waals surface area contributed by atoms with Crippen molar-refractivity contribution in [2.24, 2.45) is 5.92 Å². The second-order valence-electron chi connectivity index (χ2n) is 6.34. The molecule has 2 amide bonds. The van der Waals surface area contributed by atoms with Crippen molar-refractivity contribution >= 4 is 17.5 Å². The third-order valence-electron chi connectivity index (χ3n) is 4.48. The molecule has 1 aromatic rings. The van der Waals surface area contributed by atoms with E-state index in [4.69, 9.17) is 0 Å². The summed E-state index contributed by atoms with van der Waals surface area (Å²) in [4.78, 5) is 26.4. The van der Waals surface area contributed by atoms with Crippen LogP contribution in [0, 0.1) is 5.92 Å². The highest BCUT2D eigenvalue weighted by molar-refractivity contribution is 6.07. The Morgan fingerprint density at radius 3 is 2.71 bits per heavy atom. The predicted octanol–water partition coefficient (Wildman–Crippen LogP) is 2.05. The largest absolute Gasteiger partial charge is 0.342 e. The maximum atomic E-state index is 12.7. The summed E-state index contributed by atoms with van der Waals surface area (Å²) in [5.41, 5.74) is 3.53. The lowest BCUT2D eigenvalue weighted by Crippen LogP contribution is -2.60. The number of benzene rings is 1. The van der Waals surface area contributed by atoms with Gasteiger partial charge in [-0.05, 0) is 48.8 Å². The lowest BCUT2D eigenvalue weighted by atomic mass is 9.89. The summed E-state index contributed by atoms with van der Waals surface area (Å²) in [5, 5.41) is 2.82. The van der Waals surface area contributed by atoms with Crippen LogP contribution in [0.4, 0.5) is 5.69 Å². The van der Waals surface area contributed by atoms with Crippen LogP contribution in [0.2, 0.25) is 0 Å². The number of anilines is 1. The van der Waals surface area contributed by atoms with Gasteiger partial charge in [-0.2, -0.15) is 0 Å². The molecule has 2 aliphatic rings. The molecular formula is C17H22N2O2. The number of fused-ring (bicyclic) bond motifs is 1. The van der Waals surface area contributed by atoms with E-state index >= 15 is 0 Å². The van der Waals surface area contributed by atoms with Crippen molar-refractivity contribution in [2.75, 3.05) is 11.4 Å². The zero-order valence-electron chi connectivity index (χ0n) is 12.7. The third-order valence-corrected chi connectivity index (χ3v) is 4.48. The van der Waals surface area contributed by atoms with Crippen molar-refractivity contribution in [1.29, 1.82) is 0 Å². The van der Waals surface area contributed by atoms with E-state index < -0.39 is 6.04 Å². The summed E-state index contributed by atoms with van der Waals surface area (Å²) >= 11 is 0.